The van der Waals surface area contributed by atoms with Gasteiger partial charge in [0.1, 0.15) is 17.6 Å². The van der Waals surface area contributed by atoms with Gasteiger partial charge in [-0.2, -0.15) is 5.26 Å². The molecule has 0 saturated carbocycles. The summed E-state index contributed by atoms with van der Waals surface area (Å²) in [7, 11) is 0. The minimum Gasteiger partial charge on any atom is -0.492 e. The highest BCUT2D eigenvalue weighted by molar-refractivity contribution is 5.99. The first kappa shape index (κ1) is 18.9. The van der Waals surface area contributed by atoms with Gasteiger partial charge in [0.05, 0.1) is 17.6 Å². The average molecular weight is 368 g/mol. The first-order chi connectivity index (χ1) is 13.1. The maximum atomic E-state index is 14.5. The van der Waals surface area contributed by atoms with Gasteiger partial charge in [-0.25, -0.2) is 4.39 Å². The SMILES string of the molecule is CCOc1ccc(NC(=O)C2(c3ccccc3F)CCOCC2)cc1C#N. The van der Waals surface area contributed by atoms with Crippen LogP contribution in [0.3, 0.4) is 0 Å². The average Bonchev–Trinajstić information content (AvgIpc) is 2.70. The van der Waals surface area contributed by atoms with Crippen LogP contribution in [0.5, 0.6) is 5.75 Å². The Morgan fingerprint density at radius 1 is 1.30 bits per heavy atom. The molecule has 2 aromatic carbocycles. The van der Waals surface area contributed by atoms with E-state index in [1.54, 1.807) is 36.4 Å². The molecule has 0 spiro atoms. The van der Waals surface area contributed by atoms with Gasteiger partial charge in [0, 0.05) is 24.5 Å². The van der Waals surface area contributed by atoms with Crippen LogP contribution in [0.1, 0.15) is 30.9 Å². The number of carbonyl (C=O) groups excluding carboxylic acids is 1. The molecule has 6 heteroatoms. The summed E-state index contributed by atoms with van der Waals surface area (Å²) in [5, 5.41) is 12.2. The van der Waals surface area contributed by atoms with Crippen molar-refractivity contribution in [1.29, 1.82) is 5.26 Å². The second-order valence-corrected chi connectivity index (χ2v) is 6.38. The van der Waals surface area contributed by atoms with E-state index in [9.17, 15) is 14.4 Å². The van der Waals surface area contributed by atoms with Crippen molar-refractivity contribution in [2.45, 2.75) is 25.2 Å². The minimum atomic E-state index is -1.00. The second-order valence-electron chi connectivity index (χ2n) is 6.38. The van der Waals surface area contributed by atoms with Gasteiger partial charge in [0.15, 0.2) is 0 Å². The highest BCUT2D eigenvalue weighted by atomic mass is 19.1. The molecule has 1 aliphatic rings. The molecule has 0 bridgehead atoms. The van der Waals surface area contributed by atoms with Crippen LogP contribution in [0, 0.1) is 17.1 Å². The fraction of sp³-hybridized carbons (Fsp3) is 0.333. The van der Waals surface area contributed by atoms with Crippen LogP contribution in [-0.4, -0.2) is 25.7 Å². The second kappa shape index (κ2) is 8.19. The van der Waals surface area contributed by atoms with E-state index in [0.29, 0.717) is 55.2 Å². The van der Waals surface area contributed by atoms with E-state index in [-0.39, 0.29) is 5.91 Å². The fourth-order valence-corrected chi connectivity index (χ4v) is 3.42. The zero-order chi connectivity index (χ0) is 19.3. The van der Waals surface area contributed by atoms with Crippen LogP contribution < -0.4 is 10.1 Å². The van der Waals surface area contributed by atoms with Gasteiger partial charge in [-0.1, -0.05) is 18.2 Å². The van der Waals surface area contributed by atoms with Crippen LogP contribution in [0.15, 0.2) is 42.5 Å². The van der Waals surface area contributed by atoms with Crippen molar-refractivity contribution >= 4 is 11.6 Å². The molecule has 0 aromatic heterocycles. The van der Waals surface area contributed by atoms with E-state index < -0.39 is 11.2 Å². The number of benzene rings is 2. The van der Waals surface area contributed by atoms with Crippen molar-refractivity contribution in [2.75, 3.05) is 25.1 Å². The molecule has 0 atom stereocenters. The predicted octanol–water partition coefficient (Wildman–Crippen LogP) is 3.78. The molecule has 1 aliphatic heterocycles. The Hall–Kier alpha value is -2.91. The standard InChI is InChI=1S/C21H21FN2O3/c1-2-27-19-8-7-16(13-15(19)14-23)24-20(25)21(9-11-26-12-10-21)17-5-3-4-6-18(17)22/h3-8,13H,2,9-12H2,1H3,(H,24,25). The molecule has 0 unspecified atom stereocenters. The number of anilines is 1. The van der Waals surface area contributed by atoms with E-state index in [2.05, 4.69) is 11.4 Å². The molecular weight excluding hydrogens is 347 g/mol. The number of nitrogens with one attached hydrogen (secondary N) is 1. The minimum absolute atomic E-state index is 0.302. The molecule has 0 aliphatic carbocycles. The Morgan fingerprint density at radius 3 is 2.70 bits per heavy atom. The largest absolute Gasteiger partial charge is 0.492 e. The Kier molecular flexibility index (Phi) is 5.72. The summed E-state index contributed by atoms with van der Waals surface area (Å²) in [5.74, 6) is -0.240. The molecule has 1 fully saturated rings. The van der Waals surface area contributed by atoms with Crippen molar-refractivity contribution in [1.82, 2.24) is 0 Å². The van der Waals surface area contributed by atoms with E-state index in [4.69, 9.17) is 9.47 Å². The van der Waals surface area contributed by atoms with Gasteiger partial charge in [0.2, 0.25) is 5.91 Å². The number of halogens is 1. The Balaban J connectivity index is 1.92. The van der Waals surface area contributed by atoms with E-state index in [1.807, 2.05) is 6.92 Å². The van der Waals surface area contributed by atoms with Crippen molar-refractivity contribution in [2.24, 2.45) is 0 Å². The number of hydrogen-bond acceptors (Lipinski definition) is 4. The maximum absolute atomic E-state index is 14.5. The van der Waals surface area contributed by atoms with Crippen molar-refractivity contribution in [3.63, 3.8) is 0 Å². The van der Waals surface area contributed by atoms with Crippen LogP contribution in [0.2, 0.25) is 0 Å². The number of hydrogen-bond donors (Lipinski definition) is 1. The first-order valence-corrected chi connectivity index (χ1v) is 8.92. The van der Waals surface area contributed by atoms with Crippen molar-refractivity contribution in [3.05, 3.63) is 59.4 Å². The lowest BCUT2D eigenvalue weighted by molar-refractivity contribution is -0.125. The summed E-state index contributed by atoms with van der Waals surface area (Å²) in [6, 6.07) is 13.3. The third-order valence-electron chi connectivity index (χ3n) is 4.83. The highest BCUT2D eigenvalue weighted by Gasteiger charge is 2.43. The van der Waals surface area contributed by atoms with Gasteiger partial charge in [0.25, 0.3) is 0 Å². The van der Waals surface area contributed by atoms with Gasteiger partial charge in [-0.05, 0) is 44.0 Å². The lowest BCUT2D eigenvalue weighted by atomic mass is 9.73. The van der Waals surface area contributed by atoms with Gasteiger partial charge in [-0.3, -0.25) is 4.79 Å². The Bertz CT molecular complexity index is 870. The third-order valence-corrected chi connectivity index (χ3v) is 4.83. The van der Waals surface area contributed by atoms with E-state index in [1.165, 1.54) is 6.07 Å². The van der Waals surface area contributed by atoms with Crippen LogP contribution >= 0.6 is 0 Å². The van der Waals surface area contributed by atoms with Crippen molar-refractivity contribution < 1.29 is 18.7 Å². The number of rotatable bonds is 5. The van der Waals surface area contributed by atoms with Gasteiger partial charge < -0.3 is 14.8 Å². The molecule has 27 heavy (non-hydrogen) atoms. The number of carbonyl (C=O) groups is 1. The molecule has 5 nitrogen and oxygen atoms in total. The summed E-state index contributed by atoms with van der Waals surface area (Å²) in [5.41, 5.74) is 0.177. The van der Waals surface area contributed by atoms with Crippen molar-refractivity contribution in [3.8, 4) is 11.8 Å². The van der Waals surface area contributed by atoms with Crippen LogP contribution in [-0.2, 0) is 14.9 Å². The number of nitrogens with zero attached hydrogens (tertiary/aromatic N) is 1. The maximum Gasteiger partial charge on any atom is 0.235 e. The molecular formula is C21H21FN2O3. The van der Waals surface area contributed by atoms with Gasteiger partial charge in [-0.15, -0.1) is 0 Å². The summed E-state index contributed by atoms with van der Waals surface area (Å²) in [6.07, 6.45) is 0.782. The highest BCUT2D eigenvalue weighted by Crippen LogP contribution is 2.37. The summed E-state index contributed by atoms with van der Waals surface area (Å²) >= 11 is 0. The molecule has 1 heterocycles. The first-order valence-electron chi connectivity index (χ1n) is 8.92. The monoisotopic (exact) mass is 368 g/mol. The van der Waals surface area contributed by atoms with E-state index >= 15 is 0 Å². The lowest BCUT2D eigenvalue weighted by Crippen LogP contribution is -2.45. The molecule has 1 N–H and O–H groups in total. The number of amides is 1. The normalized spacial score (nSPS) is 15.6. The molecule has 3 rings (SSSR count). The Labute approximate surface area is 157 Å². The molecule has 1 saturated heterocycles. The number of ether oxygens (including phenoxy) is 2. The molecule has 140 valence electrons. The van der Waals surface area contributed by atoms with Crippen LogP contribution in [0.4, 0.5) is 10.1 Å². The summed E-state index contributed by atoms with van der Waals surface area (Å²) in [4.78, 5) is 13.2. The summed E-state index contributed by atoms with van der Waals surface area (Å²) < 4.78 is 25.3. The Morgan fingerprint density at radius 2 is 2.04 bits per heavy atom. The smallest absolute Gasteiger partial charge is 0.235 e. The summed E-state index contributed by atoms with van der Waals surface area (Å²) in [6.45, 7) is 3.04. The fourth-order valence-electron chi connectivity index (χ4n) is 3.42. The molecule has 2 aromatic rings. The zero-order valence-corrected chi connectivity index (χ0v) is 15.1. The molecule has 1 amide bonds. The predicted molar refractivity (Wildman–Crippen MR) is 99.1 cm³/mol. The lowest BCUT2D eigenvalue weighted by Gasteiger charge is -2.36. The quantitative estimate of drug-likeness (QED) is 0.872. The number of nitriles is 1. The molecule has 0 radical (unpaired) electrons. The third kappa shape index (κ3) is 3.79. The van der Waals surface area contributed by atoms with Crippen LogP contribution in [0.25, 0.3) is 0 Å². The topological polar surface area (TPSA) is 71.3 Å². The van der Waals surface area contributed by atoms with E-state index in [0.717, 1.165) is 0 Å². The zero-order valence-electron chi connectivity index (χ0n) is 15.1. The van der Waals surface area contributed by atoms with Gasteiger partial charge >= 0.3 is 0 Å².